The molecule has 0 aliphatic carbocycles. The lowest BCUT2D eigenvalue weighted by Gasteiger charge is -2.36. The van der Waals surface area contributed by atoms with Crippen molar-refractivity contribution < 1.29 is 14.3 Å². The molecule has 0 saturated heterocycles. The molecule has 2 aromatic rings. The van der Waals surface area contributed by atoms with Gasteiger partial charge in [0.15, 0.2) is 5.17 Å². The Hall–Kier alpha value is -3.58. The smallest absolute Gasteiger partial charge is 0.338 e. The van der Waals surface area contributed by atoms with Crippen molar-refractivity contribution in [3.63, 3.8) is 0 Å². The van der Waals surface area contributed by atoms with Crippen LogP contribution < -0.4 is 5.32 Å². The Balaban J connectivity index is 1.62. The molecule has 1 amide bonds. The Bertz CT molecular complexity index is 1230. The minimum absolute atomic E-state index is 0.0945. The van der Waals surface area contributed by atoms with E-state index in [0.717, 1.165) is 22.0 Å². The second-order valence-electron chi connectivity index (χ2n) is 9.04. The average Bonchev–Trinajstić information content (AvgIpc) is 3.27. The zero-order chi connectivity index (χ0) is 25.7. The summed E-state index contributed by atoms with van der Waals surface area (Å²) in [7, 11) is 0. The molecule has 36 heavy (non-hydrogen) atoms. The predicted molar refractivity (Wildman–Crippen MR) is 145 cm³/mol. The number of esters is 1. The summed E-state index contributed by atoms with van der Waals surface area (Å²) in [4.78, 5) is 32.8. The lowest BCUT2D eigenvalue weighted by Crippen LogP contribution is -2.38. The molecule has 7 heteroatoms. The summed E-state index contributed by atoms with van der Waals surface area (Å²) in [6.07, 6.45) is 1.72. The molecule has 0 fully saturated rings. The number of rotatable bonds is 9. The molecule has 186 valence electrons. The van der Waals surface area contributed by atoms with E-state index in [1.54, 1.807) is 6.08 Å². The van der Waals surface area contributed by atoms with Crippen LogP contribution in [0.5, 0.6) is 0 Å². The van der Waals surface area contributed by atoms with Gasteiger partial charge >= 0.3 is 5.97 Å². The minimum Gasteiger partial charge on any atom is -0.458 e. The Kier molecular flexibility index (Phi) is 8.10. The molecular formula is C29H31N3O3S. The van der Waals surface area contributed by atoms with Crippen LogP contribution in [0.2, 0.25) is 0 Å². The van der Waals surface area contributed by atoms with E-state index in [9.17, 15) is 9.59 Å². The van der Waals surface area contributed by atoms with E-state index in [-0.39, 0.29) is 18.9 Å². The monoisotopic (exact) mass is 501 g/mol. The van der Waals surface area contributed by atoms with Crippen molar-refractivity contribution in [3.05, 3.63) is 106 Å². The predicted octanol–water partition coefficient (Wildman–Crippen LogP) is 5.82. The fourth-order valence-corrected chi connectivity index (χ4v) is 5.21. The largest absolute Gasteiger partial charge is 0.458 e. The number of hydrogen-bond donors (Lipinski definition) is 1. The van der Waals surface area contributed by atoms with Crippen molar-refractivity contribution in [1.82, 2.24) is 10.2 Å². The van der Waals surface area contributed by atoms with Gasteiger partial charge in [-0.3, -0.25) is 4.79 Å². The summed E-state index contributed by atoms with van der Waals surface area (Å²) in [6.45, 7) is 10.3. The van der Waals surface area contributed by atoms with E-state index in [1.807, 2.05) is 59.7 Å². The number of fused-ring (bicyclic) bond motifs is 1. The van der Waals surface area contributed by atoms with Gasteiger partial charge in [0, 0.05) is 12.2 Å². The zero-order valence-electron chi connectivity index (χ0n) is 20.9. The van der Waals surface area contributed by atoms with Gasteiger partial charge in [-0.25, -0.2) is 9.79 Å². The lowest BCUT2D eigenvalue weighted by atomic mass is 9.92. The number of hydrogen-bond acceptors (Lipinski definition) is 6. The third-order valence-corrected chi connectivity index (χ3v) is 7.03. The van der Waals surface area contributed by atoms with Crippen LogP contribution in [-0.4, -0.2) is 28.6 Å². The second kappa shape index (κ2) is 11.4. The van der Waals surface area contributed by atoms with Crippen molar-refractivity contribution in [2.24, 2.45) is 4.99 Å². The first-order valence-corrected chi connectivity index (χ1v) is 12.9. The highest BCUT2D eigenvalue weighted by Crippen LogP contribution is 2.45. The maximum absolute atomic E-state index is 13.2. The molecule has 2 aliphatic rings. The van der Waals surface area contributed by atoms with E-state index in [1.165, 1.54) is 17.3 Å². The number of carbonyl (C=O) groups is 2. The quantitative estimate of drug-likeness (QED) is 0.346. The molecule has 0 aromatic heterocycles. The molecule has 0 radical (unpaired) electrons. The summed E-state index contributed by atoms with van der Waals surface area (Å²) >= 11 is 1.46. The number of carbonyl (C=O) groups excluding carboxylic acids is 2. The highest BCUT2D eigenvalue weighted by Gasteiger charge is 2.41. The number of nitrogens with one attached hydrogen (secondary N) is 1. The van der Waals surface area contributed by atoms with E-state index in [0.29, 0.717) is 23.7 Å². The van der Waals surface area contributed by atoms with Crippen molar-refractivity contribution in [3.8, 4) is 0 Å². The summed E-state index contributed by atoms with van der Waals surface area (Å²) in [5.41, 5.74) is 5.07. The van der Waals surface area contributed by atoms with Gasteiger partial charge in [0.05, 0.1) is 23.7 Å². The fourth-order valence-electron chi connectivity index (χ4n) is 4.25. The van der Waals surface area contributed by atoms with Gasteiger partial charge in [-0.15, -0.1) is 0 Å². The molecule has 1 N–H and O–H groups in total. The molecule has 6 nitrogen and oxygen atoms in total. The van der Waals surface area contributed by atoms with E-state index in [4.69, 9.17) is 9.73 Å². The molecule has 0 bridgehead atoms. The Morgan fingerprint density at radius 3 is 2.56 bits per heavy atom. The molecular weight excluding hydrogens is 470 g/mol. The van der Waals surface area contributed by atoms with Crippen LogP contribution in [0, 0.1) is 0 Å². The second-order valence-corrected chi connectivity index (χ2v) is 9.88. The SMILES string of the molecule is C=CCOC(=O)C1=C(C)N=C2SC=C(CC(=O)NCc3ccccc3)N2[C@@H]1c1ccc(C(C)C)cc1. The molecule has 2 heterocycles. The zero-order valence-corrected chi connectivity index (χ0v) is 21.7. The topological polar surface area (TPSA) is 71.0 Å². The van der Waals surface area contributed by atoms with Crippen LogP contribution in [0.15, 0.2) is 94.6 Å². The summed E-state index contributed by atoms with van der Waals surface area (Å²) in [6, 6.07) is 17.6. The first kappa shape index (κ1) is 25.5. The van der Waals surface area contributed by atoms with Crippen LogP contribution in [0.1, 0.15) is 55.8 Å². The number of amides is 1. The molecule has 0 unspecified atom stereocenters. The van der Waals surface area contributed by atoms with Crippen molar-refractivity contribution in [2.75, 3.05) is 6.61 Å². The van der Waals surface area contributed by atoms with Gasteiger partial charge in [0.1, 0.15) is 6.61 Å². The van der Waals surface area contributed by atoms with Crippen LogP contribution in [0.25, 0.3) is 0 Å². The van der Waals surface area contributed by atoms with Gasteiger partial charge in [0.25, 0.3) is 0 Å². The normalized spacial score (nSPS) is 16.9. The van der Waals surface area contributed by atoms with Crippen LogP contribution in [0.4, 0.5) is 0 Å². The van der Waals surface area contributed by atoms with E-state index >= 15 is 0 Å². The van der Waals surface area contributed by atoms with Crippen LogP contribution in [0.3, 0.4) is 0 Å². The summed E-state index contributed by atoms with van der Waals surface area (Å²) in [5, 5.41) is 5.69. The standard InChI is InChI=1S/C29H31N3O3S/c1-5-15-35-28(34)26-20(4)31-29-32(27(26)23-13-11-22(12-14-23)19(2)3)24(18-36-29)16-25(33)30-17-21-9-7-6-8-10-21/h5-14,18-19,27H,1,15-17H2,2-4H3,(H,30,33)/t27-/m1/s1. The first-order chi connectivity index (χ1) is 17.4. The molecule has 2 aromatic carbocycles. The first-order valence-electron chi connectivity index (χ1n) is 12.0. The third-order valence-electron chi connectivity index (χ3n) is 6.15. The van der Waals surface area contributed by atoms with Crippen molar-refractivity contribution in [2.45, 2.75) is 45.7 Å². The van der Waals surface area contributed by atoms with Gasteiger partial charge in [0.2, 0.25) is 5.91 Å². The Morgan fingerprint density at radius 1 is 1.17 bits per heavy atom. The van der Waals surface area contributed by atoms with Crippen molar-refractivity contribution in [1.29, 1.82) is 0 Å². The van der Waals surface area contributed by atoms with Crippen LogP contribution in [-0.2, 0) is 20.9 Å². The summed E-state index contributed by atoms with van der Waals surface area (Å²) in [5.74, 6) is -0.135. The number of aliphatic imine (C=N–C) groups is 1. The average molecular weight is 502 g/mol. The Morgan fingerprint density at radius 2 is 1.89 bits per heavy atom. The number of benzene rings is 2. The number of amidine groups is 1. The fraction of sp³-hybridized carbons (Fsp3) is 0.276. The molecule has 0 spiro atoms. The highest BCUT2D eigenvalue weighted by atomic mass is 32.2. The summed E-state index contributed by atoms with van der Waals surface area (Å²) < 4.78 is 5.45. The molecule has 1 atom stereocenters. The number of nitrogens with zero attached hydrogens (tertiary/aromatic N) is 2. The maximum Gasteiger partial charge on any atom is 0.338 e. The number of ether oxygens (including phenoxy) is 1. The van der Waals surface area contributed by atoms with Gasteiger partial charge in [-0.2, -0.15) is 0 Å². The number of allylic oxidation sites excluding steroid dienone is 1. The van der Waals surface area contributed by atoms with Gasteiger partial charge in [-0.1, -0.05) is 92.9 Å². The van der Waals surface area contributed by atoms with E-state index in [2.05, 4.69) is 37.9 Å². The Labute approximate surface area is 216 Å². The molecule has 2 aliphatic heterocycles. The third kappa shape index (κ3) is 5.62. The number of thioether (sulfide) groups is 1. The van der Waals surface area contributed by atoms with Gasteiger partial charge in [-0.05, 0) is 34.9 Å². The molecule has 0 saturated carbocycles. The minimum atomic E-state index is -0.445. The van der Waals surface area contributed by atoms with Crippen molar-refractivity contribution >= 4 is 28.8 Å². The lowest BCUT2D eigenvalue weighted by molar-refractivity contribution is -0.138. The van der Waals surface area contributed by atoms with Gasteiger partial charge < -0.3 is 15.0 Å². The molecule has 4 rings (SSSR count). The highest BCUT2D eigenvalue weighted by molar-refractivity contribution is 8.16. The van der Waals surface area contributed by atoms with E-state index < -0.39 is 12.0 Å². The van der Waals surface area contributed by atoms with Crippen LogP contribution >= 0.6 is 11.8 Å². The maximum atomic E-state index is 13.2.